The van der Waals surface area contributed by atoms with Gasteiger partial charge >= 0.3 is 0 Å². The highest BCUT2D eigenvalue weighted by atomic mass is 32.1. The fourth-order valence-corrected chi connectivity index (χ4v) is 3.35. The summed E-state index contributed by atoms with van der Waals surface area (Å²) in [5.41, 5.74) is 6.15. The second kappa shape index (κ2) is 5.74. The topological polar surface area (TPSA) is 56.0 Å². The van der Waals surface area contributed by atoms with Gasteiger partial charge in [0.2, 0.25) is 0 Å². The van der Waals surface area contributed by atoms with Crippen molar-refractivity contribution < 1.29 is 4.79 Å². The van der Waals surface area contributed by atoms with Gasteiger partial charge in [0.25, 0.3) is 0 Å². The third-order valence-corrected chi connectivity index (χ3v) is 4.38. The number of nitrogens with two attached hydrogens (primary N) is 1. The van der Waals surface area contributed by atoms with Crippen molar-refractivity contribution in [3.63, 3.8) is 0 Å². The van der Waals surface area contributed by atoms with Crippen molar-refractivity contribution in [3.8, 4) is 0 Å². The molecule has 1 aliphatic rings. The summed E-state index contributed by atoms with van der Waals surface area (Å²) < 4.78 is 0. The number of aromatic nitrogens is 1. The minimum absolute atomic E-state index is 0.201. The first-order valence-electron chi connectivity index (χ1n) is 6.39. The summed E-state index contributed by atoms with van der Waals surface area (Å²) in [5, 5.41) is 2.88. The maximum atomic E-state index is 12.3. The van der Waals surface area contributed by atoms with E-state index in [1.165, 1.54) is 12.8 Å². The quantitative estimate of drug-likeness (QED) is 0.838. The van der Waals surface area contributed by atoms with E-state index in [9.17, 15) is 4.79 Å². The Balaban J connectivity index is 2.02. The second-order valence-electron chi connectivity index (χ2n) is 5.00. The molecule has 1 aromatic heterocycles. The molecule has 3 nitrogen and oxygen atoms in total. The highest BCUT2D eigenvalue weighted by molar-refractivity contribution is 7.09. The number of rotatable bonds is 4. The number of hydrogen-bond acceptors (Lipinski definition) is 4. The first-order valence-corrected chi connectivity index (χ1v) is 7.27. The molecule has 0 aromatic carbocycles. The van der Waals surface area contributed by atoms with Crippen LogP contribution in [0, 0.1) is 11.8 Å². The number of carbonyl (C=O) groups is 1. The zero-order chi connectivity index (χ0) is 12.3. The Kier molecular flexibility index (Phi) is 4.29. The average molecular weight is 252 g/mol. The molecular weight excluding hydrogens is 232 g/mol. The number of ketones is 1. The number of nitrogens with zero attached hydrogens (tertiary/aromatic N) is 1. The van der Waals surface area contributed by atoms with E-state index in [2.05, 4.69) is 11.9 Å². The molecule has 0 radical (unpaired) electrons. The van der Waals surface area contributed by atoms with E-state index in [4.69, 9.17) is 5.73 Å². The molecule has 1 saturated carbocycles. The van der Waals surface area contributed by atoms with E-state index < -0.39 is 0 Å². The van der Waals surface area contributed by atoms with Gasteiger partial charge in [0.1, 0.15) is 5.69 Å². The molecule has 1 fully saturated rings. The Labute approximate surface area is 106 Å². The van der Waals surface area contributed by atoms with Gasteiger partial charge in [-0.3, -0.25) is 4.79 Å². The van der Waals surface area contributed by atoms with Gasteiger partial charge in [-0.15, -0.1) is 11.3 Å². The number of Topliss-reactive ketones (excluding diaryl/α,β-unsaturated/α-hetero) is 1. The van der Waals surface area contributed by atoms with E-state index in [0.717, 1.165) is 24.3 Å². The molecule has 1 heterocycles. The molecule has 2 N–H and O–H groups in total. The zero-order valence-corrected chi connectivity index (χ0v) is 11.1. The van der Waals surface area contributed by atoms with Gasteiger partial charge in [-0.05, 0) is 25.3 Å². The Bertz CT molecular complexity index is 389. The Morgan fingerprint density at radius 1 is 1.59 bits per heavy atom. The first-order chi connectivity index (χ1) is 8.20. The molecule has 4 heteroatoms. The predicted molar refractivity (Wildman–Crippen MR) is 70.3 cm³/mol. The molecular formula is C13H20N2OS. The maximum Gasteiger partial charge on any atom is 0.185 e. The Hall–Kier alpha value is -0.740. The van der Waals surface area contributed by atoms with Crippen molar-refractivity contribution in [3.05, 3.63) is 16.1 Å². The summed E-state index contributed by atoms with van der Waals surface area (Å²) in [6, 6.07) is 0. The largest absolute Gasteiger partial charge is 0.330 e. The lowest BCUT2D eigenvalue weighted by atomic mass is 9.80. The molecule has 2 rings (SSSR count). The lowest BCUT2D eigenvalue weighted by Gasteiger charge is -2.24. The Morgan fingerprint density at radius 3 is 3.12 bits per heavy atom. The van der Waals surface area contributed by atoms with Crippen LogP contribution >= 0.6 is 11.3 Å². The molecule has 0 amide bonds. The van der Waals surface area contributed by atoms with Gasteiger partial charge in [-0.25, -0.2) is 4.98 Å². The maximum absolute atomic E-state index is 12.3. The van der Waals surface area contributed by atoms with Crippen molar-refractivity contribution >= 4 is 17.1 Å². The first kappa shape index (κ1) is 12.7. The molecule has 1 aliphatic carbocycles. The van der Waals surface area contributed by atoms with Crippen LogP contribution in [0.4, 0.5) is 0 Å². The van der Waals surface area contributed by atoms with Crippen LogP contribution in [0.15, 0.2) is 5.38 Å². The summed E-state index contributed by atoms with van der Waals surface area (Å²) in [4.78, 5) is 16.7. The summed E-state index contributed by atoms with van der Waals surface area (Å²) in [7, 11) is 0. The van der Waals surface area contributed by atoms with Gasteiger partial charge in [-0.2, -0.15) is 0 Å². The second-order valence-corrected chi connectivity index (χ2v) is 5.94. The molecule has 0 bridgehead atoms. The highest BCUT2D eigenvalue weighted by Gasteiger charge is 2.27. The van der Waals surface area contributed by atoms with Crippen LogP contribution in [0.1, 0.15) is 48.1 Å². The van der Waals surface area contributed by atoms with Crippen LogP contribution in [0.3, 0.4) is 0 Å². The van der Waals surface area contributed by atoms with Gasteiger partial charge in [0, 0.05) is 17.7 Å². The van der Waals surface area contributed by atoms with Crippen LogP contribution in [0.2, 0.25) is 0 Å². The van der Waals surface area contributed by atoms with Crippen molar-refractivity contribution in [2.45, 2.75) is 39.0 Å². The summed E-state index contributed by atoms with van der Waals surface area (Å²) >= 11 is 1.56. The van der Waals surface area contributed by atoms with Crippen LogP contribution in [-0.2, 0) is 6.42 Å². The van der Waals surface area contributed by atoms with Crippen molar-refractivity contribution in [2.24, 2.45) is 17.6 Å². The lowest BCUT2D eigenvalue weighted by Crippen LogP contribution is -2.22. The third kappa shape index (κ3) is 3.13. The van der Waals surface area contributed by atoms with Crippen molar-refractivity contribution in [2.75, 3.05) is 6.54 Å². The molecule has 2 unspecified atom stereocenters. The van der Waals surface area contributed by atoms with Crippen LogP contribution in [-0.4, -0.2) is 17.3 Å². The summed E-state index contributed by atoms with van der Waals surface area (Å²) in [6.07, 6.45) is 5.28. The minimum Gasteiger partial charge on any atom is -0.330 e. The van der Waals surface area contributed by atoms with Gasteiger partial charge in [0.05, 0.1) is 5.01 Å². The number of carbonyl (C=O) groups excluding carboxylic acids is 1. The summed E-state index contributed by atoms with van der Waals surface area (Å²) in [6.45, 7) is 2.84. The van der Waals surface area contributed by atoms with Gasteiger partial charge in [-0.1, -0.05) is 19.8 Å². The van der Waals surface area contributed by atoms with Crippen LogP contribution in [0.5, 0.6) is 0 Å². The smallest absolute Gasteiger partial charge is 0.185 e. The monoisotopic (exact) mass is 252 g/mol. The van der Waals surface area contributed by atoms with Crippen molar-refractivity contribution in [1.82, 2.24) is 4.98 Å². The molecule has 0 saturated heterocycles. The molecule has 0 spiro atoms. The molecule has 94 valence electrons. The number of thiazole rings is 1. The lowest BCUT2D eigenvalue weighted by molar-refractivity contribution is 0.0863. The minimum atomic E-state index is 0.201. The fraction of sp³-hybridized carbons (Fsp3) is 0.692. The average Bonchev–Trinajstić information content (AvgIpc) is 2.77. The summed E-state index contributed by atoms with van der Waals surface area (Å²) in [5.74, 6) is 1.13. The fourth-order valence-electron chi connectivity index (χ4n) is 2.54. The van der Waals surface area contributed by atoms with E-state index >= 15 is 0 Å². The zero-order valence-electron chi connectivity index (χ0n) is 10.3. The van der Waals surface area contributed by atoms with Crippen LogP contribution < -0.4 is 5.73 Å². The molecule has 17 heavy (non-hydrogen) atoms. The predicted octanol–water partition coefficient (Wildman–Crippen LogP) is 2.65. The third-order valence-electron chi connectivity index (χ3n) is 3.47. The molecule has 2 atom stereocenters. The van der Waals surface area contributed by atoms with Crippen LogP contribution in [0.25, 0.3) is 0 Å². The van der Waals surface area contributed by atoms with E-state index in [0.29, 0.717) is 18.2 Å². The highest BCUT2D eigenvalue weighted by Crippen LogP contribution is 2.31. The SMILES string of the molecule is CC1CCCC(C(=O)c2csc(CCN)n2)C1. The van der Waals surface area contributed by atoms with Gasteiger partial charge < -0.3 is 5.73 Å². The van der Waals surface area contributed by atoms with Gasteiger partial charge in [0.15, 0.2) is 5.78 Å². The van der Waals surface area contributed by atoms with E-state index in [-0.39, 0.29) is 11.7 Å². The van der Waals surface area contributed by atoms with E-state index in [1.54, 1.807) is 11.3 Å². The molecule has 0 aliphatic heterocycles. The normalized spacial score (nSPS) is 24.8. The molecule has 1 aromatic rings. The number of hydrogen-bond donors (Lipinski definition) is 1. The van der Waals surface area contributed by atoms with Crippen molar-refractivity contribution in [1.29, 1.82) is 0 Å². The Morgan fingerprint density at radius 2 is 2.41 bits per heavy atom. The van der Waals surface area contributed by atoms with E-state index in [1.807, 2.05) is 5.38 Å². The standard InChI is InChI=1S/C13H20N2OS/c1-9-3-2-4-10(7-9)13(16)11-8-17-12(15-11)5-6-14/h8-10H,2-7,14H2,1H3.